The van der Waals surface area contributed by atoms with E-state index in [0.29, 0.717) is 12.0 Å². The number of aliphatic carboxylic acids is 1. The van der Waals surface area contributed by atoms with Crippen LogP contribution in [0, 0.1) is 5.41 Å². The Hall–Kier alpha value is -1.71. The highest BCUT2D eigenvalue weighted by Crippen LogP contribution is 2.32. The van der Waals surface area contributed by atoms with Crippen LogP contribution >= 0.6 is 0 Å². The van der Waals surface area contributed by atoms with Crippen molar-refractivity contribution in [1.82, 2.24) is 4.98 Å². The lowest BCUT2D eigenvalue weighted by Gasteiger charge is -2.25. The van der Waals surface area contributed by atoms with Gasteiger partial charge in [-0.15, -0.1) is 0 Å². The Bertz CT molecular complexity index is 359. The lowest BCUT2D eigenvalue weighted by atomic mass is 9.77. The van der Waals surface area contributed by atoms with E-state index >= 15 is 0 Å². The van der Waals surface area contributed by atoms with Crippen molar-refractivity contribution in [3.05, 3.63) is 30.1 Å². The van der Waals surface area contributed by atoms with Gasteiger partial charge in [0.25, 0.3) is 0 Å². The summed E-state index contributed by atoms with van der Waals surface area (Å²) in [5.74, 6) is -1.73. The fourth-order valence-corrected chi connectivity index (χ4v) is 1.30. The molecule has 0 saturated heterocycles. The number of carbonyl (C=O) groups is 2. The second-order valence-electron chi connectivity index (χ2n) is 3.90. The highest BCUT2D eigenvalue weighted by molar-refractivity contribution is 5.81. The fraction of sp³-hybridized carbons (Fsp3) is 0.364. The minimum Gasteiger partial charge on any atom is -0.481 e. The maximum Gasteiger partial charge on any atom is 0.310 e. The summed E-state index contributed by atoms with van der Waals surface area (Å²) < 4.78 is 0. The van der Waals surface area contributed by atoms with E-state index in [1.807, 2.05) is 0 Å². The third-order valence-electron chi connectivity index (χ3n) is 2.47. The van der Waals surface area contributed by atoms with E-state index < -0.39 is 17.3 Å². The van der Waals surface area contributed by atoms with Crippen molar-refractivity contribution in [2.75, 3.05) is 0 Å². The molecule has 0 fully saturated rings. The summed E-state index contributed by atoms with van der Waals surface area (Å²) >= 11 is 0. The van der Waals surface area contributed by atoms with Crippen LogP contribution in [0.3, 0.4) is 0 Å². The van der Waals surface area contributed by atoms with Crippen LogP contribution in [0.25, 0.3) is 0 Å². The molecule has 0 bridgehead atoms. The molecule has 0 spiro atoms. The van der Waals surface area contributed by atoms with Crippen LogP contribution in [0.4, 0.5) is 0 Å². The average Bonchev–Trinajstić information content (AvgIpc) is 2.19. The Kier molecular flexibility index (Phi) is 3.19. The summed E-state index contributed by atoms with van der Waals surface area (Å²) in [5.41, 5.74) is -0.657. The molecule has 4 heteroatoms. The van der Waals surface area contributed by atoms with Gasteiger partial charge >= 0.3 is 5.97 Å². The Morgan fingerprint density at radius 1 is 1.53 bits per heavy atom. The molecular formula is C11H13NO3. The zero-order valence-electron chi connectivity index (χ0n) is 8.68. The molecule has 0 aliphatic heterocycles. The van der Waals surface area contributed by atoms with E-state index in [1.54, 1.807) is 24.4 Å². The second kappa shape index (κ2) is 4.21. The van der Waals surface area contributed by atoms with Gasteiger partial charge in [0.15, 0.2) is 0 Å². The molecule has 0 amide bonds. The highest BCUT2D eigenvalue weighted by Gasteiger charge is 2.38. The number of nitrogens with zero attached hydrogens (tertiary/aromatic N) is 1. The molecular weight excluding hydrogens is 194 g/mol. The molecule has 0 radical (unpaired) electrons. The minimum absolute atomic E-state index is 0.486. The predicted octanol–water partition coefficient (Wildman–Crippen LogP) is 1.47. The van der Waals surface area contributed by atoms with E-state index in [-0.39, 0.29) is 0 Å². The Morgan fingerprint density at radius 3 is 2.60 bits per heavy atom. The Morgan fingerprint density at radius 2 is 2.20 bits per heavy atom. The maximum absolute atomic E-state index is 11.0. The first-order chi connectivity index (χ1) is 7.00. The molecule has 1 heterocycles. The lowest BCUT2D eigenvalue weighted by molar-refractivity contribution is -0.149. The van der Waals surface area contributed by atoms with Gasteiger partial charge < -0.3 is 9.90 Å². The SMILES string of the molecule is CC(C)(C(=O)O)C(C=O)c1ccccn1. The Balaban J connectivity index is 3.10. The zero-order chi connectivity index (χ0) is 11.5. The summed E-state index contributed by atoms with van der Waals surface area (Å²) in [6.07, 6.45) is 2.18. The number of carbonyl (C=O) groups excluding carboxylic acids is 1. The van der Waals surface area contributed by atoms with Gasteiger partial charge in [-0.1, -0.05) is 6.07 Å². The minimum atomic E-state index is -1.14. The number of hydrogen-bond acceptors (Lipinski definition) is 3. The first-order valence-corrected chi connectivity index (χ1v) is 4.59. The number of carboxylic acids is 1. The summed E-state index contributed by atoms with van der Waals surface area (Å²) in [5, 5.41) is 9.02. The number of rotatable bonds is 4. The highest BCUT2D eigenvalue weighted by atomic mass is 16.4. The topological polar surface area (TPSA) is 67.3 Å². The molecule has 4 nitrogen and oxygen atoms in total. The van der Waals surface area contributed by atoms with E-state index in [4.69, 9.17) is 5.11 Å². The summed E-state index contributed by atoms with van der Waals surface area (Å²) in [4.78, 5) is 26.0. The van der Waals surface area contributed by atoms with Crippen molar-refractivity contribution < 1.29 is 14.7 Å². The number of hydrogen-bond donors (Lipinski definition) is 1. The van der Waals surface area contributed by atoms with Crippen molar-refractivity contribution >= 4 is 12.3 Å². The third-order valence-corrected chi connectivity index (χ3v) is 2.47. The molecule has 1 atom stereocenters. The lowest BCUT2D eigenvalue weighted by Crippen LogP contribution is -2.32. The molecule has 0 aliphatic carbocycles. The van der Waals surface area contributed by atoms with E-state index in [2.05, 4.69) is 4.98 Å². The monoisotopic (exact) mass is 207 g/mol. The van der Waals surface area contributed by atoms with Gasteiger partial charge in [-0.25, -0.2) is 0 Å². The van der Waals surface area contributed by atoms with Gasteiger partial charge in [0, 0.05) is 6.20 Å². The van der Waals surface area contributed by atoms with Crippen LogP contribution in [-0.4, -0.2) is 22.3 Å². The number of aromatic nitrogens is 1. The van der Waals surface area contributed by atoms with E-state index in [9.17, 15) is 9.59 Å². The number of aldehydes is 1. The van der Waals surface area contributed by atoms with Gasteiger partial charge in [-0.2, -0.15) is 0 Å². The van der Waals surface area contributed by atoms with Gasteiger partial charge in [-0.05, 0) is 26.0 Å². The fourth-order valence-electron chi connectivity index (χ4n) is 1.30. The normalized spacial score (nSPS) is 13.2. The standard InChI is InChI=1S/C11H13NO3/c1-11(2,10(14)15)8(7-13)9-5-3-4-6-12-9/h3-8H,1-2H3,(H,14,15). The van der Waals surface area contributed by atoms with Gasteiger partial charge in [0.05, 0.1) is 17.0 Å². The summed E-state index contributed by atoms with van der Waals surface area (Å²) in [7, 11) is 0. The van der Waals surface area contributed by atoms with Crippen LogP contribution in [0.2, 0.25) is 0 Å². The van der Waals surface area contributed by atoms with Gasteiger partial charge in [0.1, 0.15) is 6.29 Å². The molecule has 1 N–H and O–H groups in total. The van der Waals surface area contributed by atoms with Crippen LogP contribution in [0.15, 0.2) is 24.4 Å². The molecule has 15 heavy (non-hydrogen) atoms. The molecule has 1 aromatic heterocycles. The molecule has 1 aromatic rings. The largest absolute Gasteiger partial charge is 0.481 e. The molecule has 0 aromatic carbocycles. The third kappa shape index (κ3) is 2.21. The number of carboxylic acid groups (broad SMARTS) is 1. The van der Waals surface area contributed by atoms with Crippen molar-refractivity contribution in [3.63, 3.8) is 0 Å². The van der Waals surface area contributed by atoms with Crippen LogP contribution in [0.5, 0.6) is 0 Å². The summed E-state index contributed by atoms with van der Waals surface area (Å²) in [6.45, 7) is 3.03. The van der Waals surface area contributed by atoms with E-state index in [0.717, 1.165) is 0 Å². The Labute approximate surface area is 88.0 Å². The first-order valence-electron chi connectivity index (χ1n) is 4.59. The number of pyridine rings is 1. The van der Waals surface area contributed by atoms with Gasteiger partial charge in [0.2, 0.25) is 0 Å². The molecule has 1 unspecified atom stereocenters. The van der Waals surface area contributed by atoms with Crippen molar-refractivity contribution in [2.45, 2.75) is 19.8 Å². The van der Waals surface area contributed by atoms with E-state index in [1.165, 1.54) is 13.8 Å². The van der Waals surface area contributed by atoms with Crippen molar-refractivity contribution in [1.29, 1.82) is 0 Å². The van der Waals surface area contributed by atoms with Crippen LogP contribution in [-0.2, 0) is 9.59 Å². The quantitative estimate of drug-likeness (QED) is 0.759. The second-order valence-corrected chi connectivity index (χ2v) is 3.90. The maximum atomic E-state index is 11.0. The molecule has 80 valence electrons. The van der Waals surface area contributed by atoms with Crippen molar-refractivity contribution in [3.8, 4) is 0 Å². The van der Waals surface area contributed by atoms with Crippen molar-refractivity contribution in [2.24, 2.45) is 5.41 Å². The molecule has 0 aliphatic rings. The predicted molar refractivity (Wildman–Crippen MR) is 54.5 cm³/mol. The zero-order valence-corrected chi connectivity index (χ0v) is 8.68. The summed E-state index contributed by atoms with van der Waals surface area (Å²) in [6, 6.07) is 5.11. The first kappa shape index (κ1) is 11.4. The van der Waals surface area contributed by atoms with Crippen LogP contribution in [0.1, 0.15) is 25.5 Å². The smallest absolute Gasteiger partial charge is 0.310 e. The molecule has 0 saturated carbocycles. The van der Waals surface area contributed by atoms with Crippen LogP contribution < -0.4 is 0 Å². The van der Waals surface area contributed by atoms with Gasteiger partial charge in [-0.3, -0.25) is 9.78 Å². The molecule has 1 rings (SSSR count). The average molecular weight is 207 g/mol.